The number of rotatable bonds is 7. The van der Waals surface area contributed by atoms with Gasteiger partial charge in [-0.05, 0) is 32.8 Å². The van der Waals surface area contributed by atoms with E-state index in [0.717, 1.165) is 18.7 Å². The summed E-state index contributed by atoms with van der Waals surface area (Å²) in [6.07, 6.45) is 2.19. The third-order valence-electron chi connectivity index (χ3n) is 2.89. The van der Waals surface area contributed by atoms with Crippen LogP contribution in [0.25, 0.3) is 0 Å². The molecule has 104 valence electrons. The Morgan fingerprint density at radius 2 is 2.16 bits per heavy atom. The quantitative estimate of drug-likeness (QED) is 0.705. The maximum atomic E-state index is 11.6. The Hall–Kier alpha value is -1.78. The molecule has 19 heavy (non-hydrogen) atoms. The molecular weight excluding hydrogens is 244 g/mol. The monoisotopic (exact) mass is 264 g/mol. The van der Waals surface area contributed by atoms with E-state index in [1.807, 2.05) is 36.9 Å². The minimum absolute atomic E-state index is 0.210. The molecular formula is C14H20N2O3. The molecule has 0 aliphatic heterocycles. The predicted molar refractivity (Wildman–Crippen MR) is 72.4 cm³/mol. The highest BCUT2D eigenvalue weighted by Gasteiger charge is 2.31. The number of carbonyl (C=O) groups excluding carboxylic acids is 1. The minimum atomic E-state index is -0.210. The summed E-state index contributed by atoms with van der Waals surface area (Å²) in [5, 5.41) is 0. The number of esters is 1. The van der Waals surface area contributed by atoms with Crippen LogP contribution in [0.3, 0.4) is 0 Å². The lowest BCUT2D eigenvalue weighted by atomic mass is 10.4. The largest absolute Gasteiger partial charge is 0.478 e. The van der Waals surface area contributed by atoms with Crippen molar-refractivity contribution >= 4 is 11.8 Å². The van der Waals surface area contributed by atoms with E-state index in [1.165, 1.54) is 0 Å². The molecule has 0 radical (unpaired) electrons. The second-order valence-electron chi connectivity index (χ2n) is 4.43. The number of carbonyl (C=O) groups is 1. The van der Waals surface area contributed by atoms with Gasteiger partial charge < -0.3 is 14.4 Å². The zero-order valence-electron chi connectivity index (χ0n) is 11.5. The number of anilines is 1. The van der Waals surface area contributed by atoms with Crippen LogP contribution in [0.15, 0.2) is 18.2 Å². The Kier molecular flexibility index (Phi) is 4.60. The molecule has 5 nitrogen and oxygen atoms in total. The van der Waals surface area contributed by atoms with Crippen LogP contribution in [0.5, 0.6) is 5.88 Å². The Balaban J connectivity index is 2.09. The van der Waals surface area contributed by atoms with Crippen molar-refractivity contribution in [2.45, 2.75) is 32.7 Å². The third kappa shape index (κ3) is 3.84. The molecule has 1 saturated carbocycles. The molecule has 0 N–H and O–H groups in total. The third-order valence-corrected chi connectivity index (χ3v) is 2.89. The first-order valence-corrected chi connectivity index (χ1v) is 6.76. The summed E-state index contributed by atoms with van der Waals surface area (Å²) in [4.78, 5) is 18.1. The van der Waals surface area contributed by atoms with Crippen LogP contribution in [0, 0.1) is 0 Å². The first-order chi connectivity index (χ1) is 9.24. The van der Waals surface area contributed by atoms with E-state index in [4.69, 9.17) is 9.47 Å². The second kappa shape index (κ2) is 6.41. The fraction of sp³-hybridized carbons (Fsp3) is 0.571. The van der Waals surface area contributed by atoms with Crippen molar-refractivity contribution in [2.24, 2.45) is 0 Å². The van der Waals surface area contributed by atoms with Gasteiger partial charge in [-0.2, -0.15) is 4.98 Å². The number of hydrogen-bond donors (Lipinski definition) is 0. The molecule has 0 bridgehead atoms. The van der Waals surface area contributed by atoms with E-state index >= 15 is 0 Å². The lowest BCUT2D eigenvalue weighted by Crippen LogP contribution is -2.33. The summed E-state index contributed by atoms with van der Waals surface area (Å²) in [7, 11) is 0. The lowest BCUT2D eigenvalue weighted by molar-refractivity contribution is -0.141. The Bertz CT molecular complexity index is 432. The van der Waals surface area contributed by atoms with E-state index in [2.05, 4.69) is 4.98 Å². The van der Waals surface area contributed by atoms with Gasteiger partial charge in [-0.25, -0.2) is 0 Å². The highest BCUT2D eigenvalue weighted by Crippen LogP contribution is 2.31. The van der Waals surface area contributed by atoms with Gasteiger partial charge in [0.05, 0.1) is 13.2 Å². The van der Waals surface area contributed by atoms with Crippen molar-refractivity contribution in [2.75, 3.05) is 24.7 Å². The number of ether oxygens (including phenoxy) is 2. The molecule has 0 aromatic carbocycles. The van der Waals surface area contributed by atoms with Gasteiger partial charge >= 0.3 is 5.97 Å². The van der Waals surface area contributed by atoms with Crippen LogP contribution >= 0.6 is 0 Å². The maximum absolute atomic E-state index is 11.6. The van der Waals surface area contributed by atoms with Gasteiger partial charge in [0.25, 0.3) is 0 Å². The SMILES string of the molecule is CCOC(=O)CN(c1cccc(OCC)n1)C1CC1. The van der Waals surface area contributed by atoms with Crippen LogP contribution in [-0.2, 0) is 9.53 Å². The fourth-order valence-corrected chi connectivity index (χ4v) is 1.92. The smallest absolute Gasteiger partial charge is 0.325 e. The molecule has 0 spiro atoms. The van der Waals surface area contributed by atoms with Crippen LogP contribution in [-0.4, -0.2) is 36.8 Å². The molecule has 1 fully saturated rings. The second-order valence-corrected chi connectivity index (χ2v) is 4.43. The average Bonchev–Trinajstić information content (AvgIpc) is 3.21. The topological polar surface area (TPSA) is 51.7 Å². The molecule has 1 aliphatic carbocycles. The van der Waals surface area contributed by atoms with E-state index in [-0.39, 0.29) is 12.5 Å². The van der Waals surface area contributed by atoms with E-state index in [9.17, 15) is 4.79 Å². The molecule has 5 heteroatoms. The summed E-state index contributed by atoms with van der Waals surface area (Å²) in [6.45, 7) is 4.97. The van der Waals surface area contributed by atoms with E-state index in [1.54, 1.807) is 0 Å². The highest BCUT2D eigenvalue weighted by molar-refractivity contribution is 5.75. The standard InChI is InChI=1S/C14H20N2O3/c1-3-18-13-7-5-6-12(15-13)16(11-8-9-11)10-14(17)19-4-2/h5-7,11H,3-4,8-10H2,1-2H3. The van der Waals surface area contributed by atoms with Crippen LogP contribution in [0.4, 0.5) is 5.82 Å². The van der Waals surface area contributed by atoms with Gasteiger partial charge in [0.1, 0.15) is 12.4 Å². The molecule has 0 unspecified atom stereocenters. The summed E-state index contributed by atoms with van der Waals surface area (Å²) in [6, 6.07) is 6.02. The molecule has 1 aromatic heterocycles. The van der Waals surface area contributed by atoms with Crippen LogP contribution in [0.1, 0.15) is 26.7 Å². The number of hydrogen-bond acceptors (Lipinski definition) is 5. The molecule has 0 amide bonds. The zero-order valence-corrected chi connectivity index (χ0v) is 11.5. The molecule has 1 aliphatic rings. The highest BCUT2D eigenvalue weighted by atomic mass is 16.5. The normalized spacial score (nSPS) is 14.0. The maximum Gasteiger partial charge on any atom is 0.325 e. The van der Waals surface area contributed by atoms with Crippen LogP contribution < -0.4 is 9.64 Å². The van der Waals surface area contributed by atoms with Gasteiger partial charge in [-0.3, -0.25) is 4.79 Å². The molecule has 0 saturated heterocycles. The van der Waals surface area contributed by atoms with Crippen LogP contribution in [0.2, 0.25) is 0 Å². The van der Waals surface area contributed by atoms with Gasteiger partial charge in [0.15, 0.2) is 0 Å². The molecule has 0 atom stereocenters. The van der Waals surface area contributed by atoms with Crippen molar-refractivity contribution in [3.63, 3.8) is 0 Å². The summed E-state index contributed by atoms with van der Waals surface area (Å²) < 4.78 is 10.4. The summed E-state index contributed by atoms with van der Waals surface area (Å²) >= 11 is 0. The first kappa shape index (κ1) is 13.6. The lowest BCUT2D eigenvalue weighted by Gasteiger charge is -2.22. The number of nitrogens with zero attached hydrogens (tertiary/aromatic N) is 2. The van der Waals surface area contributed by atoms with Gasteiger partial charge in [0, 0.05) is 12.1 Å². The van der Waals surface area contributed by atoms with E-state index < -0.39 is 0 Å². The van der Waals surface area contributed by atoms with Gasteiger partial charge in [-0.15, -0.1) is 0 Å². The average molecular weight is 264 g/mol. The van der Waals surface area contributed by atoms with Gasteiger partial charge in [-0.1, -0.05) is 6.07 Å². The minimum Gasteiger partial charge on any atom is -0.478 e. The fourth-order valence-electron chi connectivity index (χ4n) is 1.92. The molecule has 2 rings (SSSR count). The van der Waals surface area contributed by atoms with Gasteiger partial charge in [0.2, 0.25) is 5.88 Å². The predicted octanol–water partition coefficient (Wildman–Crippen LogP) is 2.01. The molecule has 1 aromatic rings. The van der Waals surface area contributed by atoms with Crippen molar-refractivity contribution in [3.8, 4) is 5.88 Å². The Labute approximate surface area is 113 Å². The Morgan fingerprint density at radius 1 is 1.37 bits per heavy atom. The van der Waals surface area contributed by atoms with Crippen molar-refractivity contribution in [1.29, 1.82) is 0 Å². The van der Waals surface area contributed by atoms with Crippen molar-refractivity contribution in [1.82, 2.24) is 4.98 Å². The zero-order chi connectivity index (χ0) is 13.7. The van der Waals surface area contributed by atoms with E-state index in [0.29, 0.717) is 25.1 Å². The first-order valence-electron chi connectivity index (χ1n) is 6.76. The number of aromatic nitrogens is 1. The van der Waals surface area contributed by atoms with Crippen molar-refractivity contribution < 1.29 is 14.3 Å². The van der Waals surface area contributed by atoms with Crippen molar-refractivity contribution in [3.05, 3.63) is 18.2 Å². The molecule has 1 heterocycles. The summed E-state index contributed by atoms with van der Waals surface area (Å²) in [5.74, 6) is 1.16. The number of pyridine rings is 1. The Morgan fingerprint density at radius 3 is 2.79 bits per heavy atom. The summed E-state index contributed by atoms with van der Waals surface area (Å²) in [5.41, 5.74) is 0.